The number of hydrogen-bond donors (Lipinski definition) is 1. The van der Waals surface area contributed by atoms with Crippen molar-refractivity contribution in [1.82, 2.24) is 0 Å². The number of para-hydroxylation sites is 1. The molecule has 0 fully saturated rings. The number of rotatable bonds is 2. The monoisotopic (exact) mass is 258 g/mol. The van der Waals surface area contributed by atoms with Crippen molar-refractivity contribution in [3.05, 3.63) is 46.8 Å². The minimum atomic E-state index is -0.912. The first-order chi connectivity index (χ1) is 8.65. The summed E-state index contributed by atoms with van der Waals surface area (Å²) in [5.41, 5.74) is 2.23. The number of furan rings is 1. The second-order valence-electron chi connectivity index (χ2n) is 4.11. The first-order valence-corrected chi connectivity index (χ1v) is 6.34. The molecule has 0 atom stereocenters. The molecule has 1 N–H and O–H groups in total. The number of carboxylic acids is 1. The van der Waals surface area contributed by atoms with Crippen molar-refractivity contribution in [1.29, 1.82) is 0 Å². The number of aromatic carboxylic acids is 1. The Kier molecular flexibility index (Phi) is 2.45. The zero-order valence-corrected chi connectivity index (χ0v) is 10.5. The fraction of sp³-hybridized carbons (Fsp3) is 0.0714. The summed E-state index contributed by atoms with van der Waals surface area (Å²) in [6.07, 6.45) is 0. The average Bonchev–Trinajstić information content (AvgIpc) is 2.95. The Morgan fingerprint density at radius 3 is 2.83 bits per heavy atom. The zero-order valence-electron chi connectivity index (χ0n) is 9.64. The van der Waals surface area contributed by atoms with Crippen molar-refractivity contribution < 1.29 is 14.3 Å². The van der Waals surface area contributed by atoms with Gasteiger partial charge in [-0.2, -0.15) is 0 Å². The molecule has 0 bridgehead atoms. The average molecular weight is 258 g/mol. The summed E-state index contributed by atoms with van der Waals surface area (Å²) in [6.45, 7) is 1.99. The van der Waals surface area contributed by atoms with Gasteiger partial charge in [-0.05, 0) is 24.6 Å². The van der Waals surface area contributed by atoms with Crippen molar-refractivity contribution in [2.24, 2.45) is 0 Å². The first kappa shape index (κ1) is 11.0. The van der Waals surface area contributed by atoms with Gasteiger partial charge in [-0.1, -0.05) is 18.2 Å². The zero-order chi connectivity index (χ0) is 12.7. The Hall–Kier alpha value is -2.07. The van der Waals surface area contributed by atoms with Gasteiger partial charge in [-0.15, -0.1) is 11.3 Å². The summed E-state index contributed by atoms with van der Waals surface area (Å²) in [4.78, 5) is 11.7. The van der Waals surface area contributed by atoms with Crippen LogP contribution in [0.4, 0.5) is 0 Å². The number of benzene rings is 1. The van der Waals surface area contributed by atoms with E-state index in [2.05, 4.69) is 0 Å². The summed E-state index contributed by atoms with van der Waals surface area (Å²) in [6, 6.07) is 9.54. The van der Waals surface area contributed by atoms with E-state index in [0.717, 1.165) is 27.2 Å². The van der Waals surface area contributed by atoms with Crippen LogP contribution in [-0.4, -0.2) is 11.1 Å². The highest BCUT2D eigenvalue weighted by molar-refractivity contribution is 7.13. The molecule has 18 heavy (non-hydrogen) atoms. The normalized spacial score (nSPS) is 10.9. The summed E-state index contributed by atoms with van der Waals surface area (Å²) in [7, 11) is 0. The van der Waals surface area contributed by atoms with E-state index in [-0.39, 0.29) is 0 Å². The Labute approximate surface area is 107 Å². The molecule has 4 heteroatoms. The van der Waals surface area contributed by atoms with Crippen LogP contribution >= 0.6 is 11.3 Å². The van der Waals surface area contributed by atoms with Gasteiger partial charge in [-0.25, -0.2) is 4.79 Å². The third-order valence-electron chi connectivity index (χ3n) is 2.83. The molecule has 0 radical (unpaired) electrons. The number of carboxylic acid groups (broad SMARTS) is 1. The van der Waals surface area contributed by atoms with Crippen LogP contribution in [0.15, 0.2) is 40.1 Å². The van der Waals surface area contributed by atoms with Crippen molar-refractivity contribution in [2.45, 2.75) is 6.92 Å². The fourth-order valence-corrected chi connectivity index (χ4v) is 2.74. The van der Waals surface area contributed by atoms with E-state index in [1.807, 2.05) is 31.2 Å². The second-order valence-corrected chi connectivity index (χ2v) is 5.02. The van der Waals surface area contributed by atoms with Gasteiger partial charge in [0.1, 0.15) is 11.3 Å². The van der Waals surface area contributed by atoms with E-state index >= 15 is 0 Å². The standard InChI is InChI=1S/C14H10O3S/c1-8-3-2-4-9-5-11(17-13(8)9)12-6-10(7-18-12)14(15)16/h2-7H,1H3,(H,15,16). The molecule has 0 unspecified atom stereocenters. The maximum absolute atomic E-state index is 10.8. The number of hydrogen-bond acceptors (Lipinski definition) is 3. The molecule has 2 aromatic heterocycles. The van der Waals surface area contributed by atoms with E-state index < -0.39 is 5.97 Å². The third kappa shape index (κ3) is 1.71. The van der Waals surface area contributed by atoms with Gasteiger partial charge in [0.25, 0.3) is 0 Å². The molecule has 2 heterocycles. The van der Waals surface area contributed by atoms with Crippen molar-refractivity contribution in [2.75, 3.05) is 0 Å². The van der Waals surface area contributed by atoms with Gasteiger partial charge in [-0.3, -0.25) is 0 Å². The van der Waals surface area contributed by atoms with E-state index in [1.165, 1.54) is 11.3 Å². The van der Waals surface area contributed by atoms with Gasteiger partial charge >= 0.3 is 5.97 Å². The van der Waals surface area contributed by atoms with Crippen molar-refractivity contribution >= 4 is 28.3 Å². The predicted octanol–water partition coefficient (Wildman–Crippen LogP) is 4.17. The molecule has 3 nitrogen and oxygen atoms in total. The van der Waals surface area contributed by atoms with Crippen LogP contribution in [0.2, 0.25) is 0 Å². The number of fused-ring (bicyclic) bond motifs is 1. The summed E-state index contributed by atoms with van der Waals surface area (Å²) in [5.74, 6) is -0.193. The summed E-state index contributed by atoms with van der Waals surface area (Å²) >= 11 is 1.38. The van der Waals surface area contributed by atoms with E-state index in [0.29, 0.717) is 5.56 Å². The molecular weight excluding hydrogens is 248 g/mol. The molecule has 1 aromatic carbocycles. The SMILES string of the molecule is Cc1cccc2cc(-c3cc(C(=O)O)cs3)oc12. The van der Waals surface area contributed by atoms with Crippen LogP contribution < -0.4 is 0 Å². The van der Waals surface area contributed by atoms with E-state index in [9.17, 15) is 4.79 Å². The van der Waals surface area contributed by atoms with Crippen LogP contribution in [0.3, 0.4) is 0 Å². The van der Waals surface area contributed by atoms with Gasteiger partial charge in [0.2, 0.25) is 0 Å². The molecule has 0 aliphatic carbocycles. The Morgan fingerprint density at radius 2 is 2.17 bits per heavy atom. The number of aryl methyl sites for hydroxylation is 1. The smallest absolute Gasteiger partial charge is 0.336 e. The molecule has 90 valence electrons. The minimum absolute atomic E-state index is 0.298. The minimum Gasteiger partial charge on any atom is -0.478 e. The lowest BCUT2D eigenvalue weighted by Crippen LogP contribution is -1.91. The summed E-state index contributed by atoms with van der Waals surface area (Å²) in [5, 5.41) is 11.6. The van der Waals surface area contributed by atoms with Crippen LogP contribution in [0.1, 0.15) is 15.9 Å². The number of carbonyl (C=O) groups is 1. The summed E-state index contributed by atoms with van der Waals surface area (Å²) < 4.78 is 5.80. The second kappa shape index (κ2) is 3.99. The maximum atomic E-state index is 10.8. The molecule has 3 aromatic rings. The van der Waals surface area contributed by atoms with Crippen LogP contribution in [-0.2, 0) is 0 Å². The lowest BCUT2D eigenvalue weighted by atomic mass is 10.2. The molecule has 0 spiro atoms. The third-order valence-corrected chi connectivity index (χ3v) is 3.77. The van der Waals surface area contributed by atoms with Gasteiger partial charge in [0.15, 0.2) is 0 Å². The van der Waals surface area contributed by atoms with Gasteiger partial charge in [0, 0.05) is 10.8 Å². The van der Waals surface area contributed by atoms with Crippen LogP contribution in [0.25, 0.3) is 21.6 Å². The highest BCUT2D eigenvalue weighted by atomic mass is 32.1. The molecule has 0 saturated heterocycles. The molecule has 0 saturated carbocycles. The predicted molar refractivity (Wildman–Crippen MR) is 71.2 cm³/mol. The Bertz CT molecular complexity index is 736. The quantitative estimate of drug-likeness (QED) is 0.750. The number of thiophene rings is 1. The highest BCUT2D eigenvalue weighted by Crippen LogP contribution is 2.33. The van der Waals surface area contributed by atoms with E-state index in [4.69, 9.17) is 9.52 Å². The molecule has 3 rings (SSSR count). The largest absolute Gasteiger partial charge is 0.478 e. The topological polar surface area (TPSA) is 50.4 Å². The highest BCUT2D eigenvalue weighted by Gasteiger charge is 2.12. The Morgan fingerprint density at radius 1 is 1.33 bits per heavy atom. The first-order valence-electron chi connectivity index (χ1n) is 5.46. The maximum Gasteiger partial charge on any atom is 0.336 e. The molecule has 0 amide bonds. The van der Waals surface area contributed by atoms with Crippen molar-refractivity contribution in [3.8, 4) is 10.6 Å². The lowest BCUT2D eigenvalue weighted by Gasteiger charge is -1.92. The molecular formula is C14H10O3S. The van der Waals surface area contributed by atoms with Gasteiger partial charge in [0.05, 0.1) is 10.4 Å². The van der Waals surface area contributed by atoms with E-state index in [1.54, 1.807) is 11.4 Å². The van der Waals surface area contributed by atoms with Gasteiger partial charge < -0.3 is 9.52 Å². The molecule has 0 aliphatic rings. The lowest BCUT2D eigenvalue weighted by molar-refractivity contribution is 0.0697. The molecule has 0 aliphatic heterocycles. The van der Waals surface area contributed by atoms with Crippen molar-refractivity contribution in [3.63, 3.8) is 0 Å². The Balaban J connectivity index is 2.13. The van der Waals surface area contributed by atoms with Crippen LogP contribution in [0.5, 0.6) is 0 Å². The van der Waals surface area contributed by atoms with Crippen LogP contribution in [0, 0.1) is 6.92 Å². The fourth-order valence-electron chi connectivity index (χ4n) is 1.91.